The molecule has 8 nitrogen and oxygen atoms in total. The standard InChI is InChI=1S/C10H18N2O6S/c13-9(14)7-8(10(15)16)11-19(17,18)12-5-3-1-2-4-6-12/h8,11H,1-7H2,(H,13,14)(H,15,16)/t8-/m0/s1. The Kier molecular flexibility index (Phi) is 5.70. The Hall–Kier alpha value is -1.19. The van der Waals surface area contributed by atoms with Crippen LogP contribution in [0.25, 0.3) is 0 Å². The fraction of sp³-hybridized carbons (Fsp3) is 0.800. The fourth-order valence-corrected chi connectivity index (χ4v) is 3.32. The van der Waals surface area contributed by atoms with Gasteiger partial charge in [-0.1, -0.05) is 12.8 Å². The van der Waals surface area contributed by atoms with Gasteiger partial charge in [-0.2, -0.15) is 17.4 Å². The van der Waals surface area contributed by atoms with Gasteiger partial charge in [0.2, 0.25) is 0 Å². The molecule has 0 radical (unpaired) electrons. The monoisotopic (exact) mass is 294 g/mol. The Bertz CT molecular complexity index is 427. The zero-order valence-corrected chi connectivity index (χ0v) is 11.2. The van der Waals surface area contributed by atoms with Crippen molar-refractivity contribution < 1.29 is 28.2 Å². The molecular formula is C10H18N2O6S. The largest absolute Gasteiger partial charge is 0.481 e. The van der Waals surface area contributed by atoms with Crippen LogP contribution in [0.5, 0.6) is 0 Å². The number of aliphatic carboxylic acids is 2. The van der Waals surface area contributed by atoms with Crippen LogP contribution in [0, 0.1) is 0 Å². The quantitative estimate of drug-likeness (QED) is 0.613. The number of rotatable bonds is 6. The number of carboxylic acid groups (broad SMARTS) is 2. The van der Waals surface area contributed by atoms with Crippen molar-refractivity contribution in [3.63, 3.8) is 0 Å². The summed E-state index contributed by atoms with van der Waals surface area (Å²) in [6.45, 7) is 0.656. The van der Waals surface area contributed by atoms with Crippen molar-refractivity contribution >= 4 is 22.1 Å². The summed E-state index contributed by atoms with van der Waals surface area (Å²) in [6, 6.07) is -1.65. The third kappa shape index (κ3) is 5.13. The van der Waals surface area contributed by atoms with Crippen LogP contribution in [0.1, 0.15) is 32.1 Å². The van der Waals surface area contributed by atoms with Crippen LogP contribution in [0.2, 0.25) is 0 Å². The Morgan fingerprint density at radius 3 is 2.05 bits per heavy atom. The third-order valence-electron chi connectivity index (χ3n) is 2.87. The summed E-state index contributed by atoms with van der Waals surface area (Å²) in [5.74, 6) is -2.87. The lowest BCUT2D eigenvalue weighted by molar-refractivity contribution is -0.145. The van der Waals surface area contributed by atoms with E-state index in [2.05, 4.69) is 0 Å². The van der Waals surface area contributed by atoms with Gasteiger partial charge in [-0.3, -0.25) is 9.59 Å². The van der Waals surface area contributed by atoms with Crippen molar-refractivity contribution in [1.82, 2.24) is 9.03 Å². The van der Waals surface area contributed by atoms with E-state index in [9.17, 15) is 18.0 Å². The summed E-state index contributed by atoms with van der Waals surface area (Å²) < 4.78 is 27.1. The average molecular weight is 294 g/mol. The molecule has 19 heavy (non-hydrogen) atoms. The highest BCUT2D eigenvalue weighted by Crippen LogP contribution is 2.13. The number of nitrogens with one attached hydrogen (secondary N) is 1. The molecule has 0 aromatic rings. The molecule has 1 heterocycles. The van der Waals surface area contributed by atoms with Gasteiger partial charge >= 0.3 is 11.9 Å². The summed E-state index contributed by atoms with van der Waals surface area (Å²) in [7, 11) is -3.96. The van der Waals surface area contributed by atoms with Crippen molar-refractivity contribution in [3.05, 3.63) is 0 Å². The van der Waals surface area contributed by atoms with Crippen molar-refractivity contribution in [1.29, 1.82) is 0 Å². The highest BCUT2D eigenvalue weighted by molar-refractivity contribution is 7.87. The molecule has 0 saturated carbocycles. The second-order valence-electron chi connectivity index (χ2n) is 4.42. The minimum Gasteiger partial charge on any atom is -0.481 e. The van der Waals surface area contributed by atoms with Crippen LogP contribution in [0.4, 0.5) is 0 Å². The van der Waals surface area contributed by atoms with E-state index in [1.807, 2.05) is 4.72 Å². The van der Waals surface area contributed by atoms with Gasteiger partial charge in [0.05, 0.1) is 6.42 Å². The van der Waals surface area contributed by atoms with Crippen LogP contribution in [0.15, 0.2) is 0 Å². The van der Waals surface area contributed by atoms with Gasteiger partial charge in [-0.25, -0.2) is 0 Å². The summed E-state index contributed by atoms with van der Waals surface area (Å²) >= 11 is 0. The predicted octanol–water partition coefficient (Wildman–Crippen LogP) is -0.375. The Labute approximate surface area is 111 Å². The molecule has 1 rings (SSSR count). The lowest BCUT2D eigenvalue weighted by Crippen LogP contribution is -2.49. The van der Waals surface area contributed by atoms with Crippen molar-refractivity contribution in [2.24, 2.45) is 0 Å². The zero-order chi connectivity index (χ0) is 14.5. The number of carbonyl (C=O) groups is 2. The van der Waals surface area contributed by atoms with Crippen LogP contribution in [-0.4, -0.2) is 54.0 Å². The van der Waals surface area contributed by atoms with Gasteiger partial charge in [-0.15, -0.1) is 0 Å². The number of hydrogen-bond donors (Lipinski definition) is 3. The average Bonchev–Trinajstić information content (AvgIpc) is 2.55. The van der Waals surface area contributed by atoms with Gasteiger partial charge < -0.3 is 10.2 Å². The van der Waals surface area contributed by atoms with Crippen molar-refractivity contribution in [2.75, 3.05) is 13.1 Å². The summed E-state index contributed by atoms with van der Waals surface area (Å²) in [4.78, 5) is 21.4. The van der Waals surface area contributed by atoms with E-state index in [1.165, 1.54) is 4.31 Å². The van der Waals surface area contributed by atoms with Crippen molar-refractivity contribution in [3.8, 4) is 0 Å². The third-order valence-corrected chi connectivity index (χ3v) is 4.50. The maximum Gasteiger partial charge on any atom is 0.322 e. The highest BCUT2D eigenvalue weighted by atomic mass is 32.2. The van der Waals surface area contributed by atoms with E-state index in [0.29, 0.717) is 13.1 Å². The molecule has 1 saturated heterocycles. The lowest BCUT2D eigenvalue weighted by atomic mass is 10.2. The Morgan fingerprint density at radius 1 is 1.11 bits per heavy atom. The van der Waals surface area contributed by atoms with Gasteiger partial charge in [0.15, 0.2) is 0 Å². The van der Waals surface area contributed by atoms with Gasteiger partial charge in [0.1, 0.15) is 6.04 Å². The maximum atomic E-state index is 12.0. The first-order valence-electron chi connectivity index (χ1n) is 6.05. The molecule has 0 amide bonds. The van der Waals surface area contributed by atoms with Crippen LogP contribution in [0.3, 0.4) is 0 Å². The normalized spacial score (nSPS) is 19.6. The first-order valence-corrected chi connectivity index (χ1v) is 7.49. The van der Waals surface area contributed by atoms with E-state index in [1.54, 1.807) is 0 Å². The SMILES string of the molecule is O=C(O)C[C@H](NS(=O)(=O)N1CCCCCC1)C(=O)O. The first-order chi connectivity index (χ1) is 8.83. The molecule has 0 aromatic heterocycles. The van der Waals surface area contributed by atoms with Gasteiger partial charge in [-0.05, 0) is 12.8 Å². The van der Waals surface area contributed by atoms with E-state index >= 15 is 0 Å². The molecular weight excluding hydrogens is 276 g/mol. The zero-order valence-electron chi connectivity index (χ0n) is 10.4. The molecule has 1 aliphatic rings. The van der Waals surface area contributed by atoms with E-state index in [4.69, 9.17) is 10.2 Å². The molecule has 0 spiro atoms. The molecule has 9 heteroatoms. The number of hydrogen-bond acceptors (Lipinski definition) is 4. The topological polar surface area (TPSA) is 124 Å². The molecule has 1 aliphatic heterocycles. The summed E-state index contributed by atoms with van der Waals surface area (Å²) in [5.41, 5.74) is 0. The van der Waals surface area contributed by atoms with Crippen LogP contribution < -0.4 is 4.72 Å². The molecule has 0 unspecified atom stereocenters. The minimum atomic E-state index is -3.96. The van der Waals surface area contributed by atoms with Crippen molar-refractivity contribution in [2.45, 2.75) is 38.1 Å². The van der Waals surface area contributed by atoms with Crippen LogP contribution in [-0.2, 0) is 19.8 Å². The van der Waals surface area contributed by atoms with E-state index in [-0.39, 0.29) is 0 Å². The molecule has 0 aliphatic carbocycles. The molecule has 3 N–H and O–H groups in total. The highest BCUT2D eigenvalue weighted by Gasteiger charge is 2.30. The van der Waals surface area contributed by atoms with Crippen LogP contribution >= 0.6 is 0 Å². The van der Waals surface area contributed by atoms with Gasteiger partial charge in [0, 0.05) is 13.1 Å². The lowest BCUT2D eigenvalue weighted by Gasteiger charge is -2.22. The number of carboxylic acids is 2. The molecule has 1 atom stereocenters. The molecule has 0 aromatic carbocycles. The second kappa shape index (κ2) is 6.83. The Morgan fingerprint density at radius 2 is 1.63 bits per heavy atom. The maximum absolute atomic E-state index is 12.0. The minimum absolute atomic E-state index is 0.328. The van der Waals surface area contributed by atoms with Gasteiger partial charge in [0.25, 0.3) is 10.2 Å². The molecule has 0 bridgehead atoms. The number of nitrogens with zero attached hydrogens (tertiary/aromatic N) is 1. The second-order valence-corrected chi connectivity index (χ2v) is 6.13. The first kappa shape index (κ1) is 15.9. The summed E-state index contributed by atoms with van der Waals surface area (Å²) in [6.07, 6.45) is 2.52. The summed E-state index contributed by atoms with van der Waals surface area (Å²) in [5, 5.41) is 17.4. The van der Waals surface area contributed by atoms with E-state index < -0.39 is 34.6 Å². The predicted molar refractivity (Wildman–Crippen MR) is 65.8 cm³/mol. The smallest absolute Gasteiger partial charge is 0.322 e. The van der Waals surface area contributed by atoms with E-state index in [0.717, 1.165) is 25.7 Å². The molecule has 110 valence electrons. The fourth-order valence-electron chi connectivity index (χ4n) is 1.89. The Balaban J connectivity index is 2.74. The molecule has 1 fully saturated rings.